The van der Waals surface area contributed by atoms with Gasteiger partial charge in [-0.15, -0.1) is 0 Å². The molecule has 1 N–H and O–H groups in total. The first kappa shape index (κ1) is 25.0. The molecular weight excluding hydrogens is 433 g/mol. The summed E-state index contributed by atoms with van der Waals surface area (Å²) in [5.41, 5.74) is 2.64. The van der Waals surface area contributed by atoms with E-state index in [0.717, 1.165) is 5.56 Å². The molecule has 3 amide bonds. The van der Waals surface area contributed by atoms with E-state index in [1.54, 1.807) is 35.4 Å². The van der Waals surface area contributed by atoms with Gasteiger partial charge in [0.1, 0.15) is 18.1 Å². The van der Waals surface area contributed by atoms with E-state index >= 15 is 0 Å². The Kier molecular flexibility index (Phi) is 8.46. The van der Waals surface area contributed by atoms with Gasteiger partial charge in [-0.1, -0.05) is 38.1 Å². The third-order valence-electron chi connectivity index (χ3n) is 5.58. The van der Waals surface area contributed by atoms with Gasteiger partial charge < -0.3 is 19.5 Å². The van der Waals surface area contributed by atoms with Gasteiger partial charge in [0.15, 0.2) is 0 Å². The number of rotatable bonds is 9. The van der Waals surface area contributed by atoms with Crippen LogP contribution in [-0.4, -0.2) is 34.3 Å². The van der Waals surface area contributed by atoms with Crippen molar-refractivity contribution in [1.29, 1.82) is 0 Å². The predicted molar refractivity (Wildman–Crippen MR) is 131 cm³/mol. The summed E-state index contributed by atoms with van der Waals surface area (Å²) in [6.45, 7) is 8.37. The number of benzene rings is 2. The van der Waals surface area contributed by atoms with Crippen LogP contribution in [0, 0.1) is 5.82 Å². The molecule has 3 aromatic rings. The highest BCUT2D eigenvalue weighted by molar-refractivity contribution is 5.92. The normalized spacial score (nSPS) is 11.0. The molecule has 0 bridgehead atoms. The Morgan fingerprint density at radius 2 is 1.62 bits per heavy atom. The molecule has 0 spiro atoms. The number of nitrogens with zero attached hydrogens (tertiary/aromatic N) is 2. The zero-order valence-corrected chi connectivity index (χ0v) is 20.1. The van der Waals surface area contributed by atoms with Crippen LogP contribution in [0.2, 0.25) is 0 Å². The fourth-order valence-electron chi connectivity index (χ4n) is 3.51. The van der Waals surface area contributed by atoms with Gasteiger partial charge in [0, 0.05) is 18.3 Å². The second-order valence-corrected chi connectivity index (χ2v) is 8.88. The van der Waals surface area contributed by atoms with E-state index in [1.165, 1.54) is 22.6 Å². The molecule has 180 valence electrons. The van der Waals surface area contributed by atoms with Crippen molar-refractivity contribution in [3.05, 3.63) is 89.6 Å². The average molecular weight is 466 g/mol. The van der Waals surface area contributed by atoms with E-state index in [9.17, 15) is 14.0 Å². The number of nitrogens with one attached hydrogen (secondary N) is 1. The predicted octanol–water partition coefficient (Wildman–Crippen LogP) is 6.01. The number of urea groups is 1. The quantitative estimate of drug-likeness (QED) is 0.421. The minimum Gasteiger partial charge on any atom is -0.467 e. The lowest BCUT2D eigenvalue weighted by molar-refractivity contribution is -0.133. The molecule has 7 heteroatoms. The number of hydrogen-bond acceptors (Lipinski definition) is 3. The van der Waals surface area contributed by atoms with Crippen molar-refractivity contribution >= 4 is 17.6 Å². The first-order chi connectivity index (χ1) is 16.2. The maximum atomic E-state index is 13.3. The number of carbonyl (C=O) groups is 2. The van der Waals surface area contributed by atoms with Gasteiger partial charge >= 0.3 is 6.03 Å². The highest BCUT2D eigenvalue weighted by Gasteiger charge is 2.24. The van der Waals surface area contributed by atoms with Crippen LogP contribution in [0.5, 0.6) is 0 Å². The zero-order chi connectivity index (χ0) is 24.7. The van der Waals surface area contributed by atoms with Gasteiger partial charge in [-0.2, -0.15) is 0 Å². The molecule has 0 atom stereocenters. The smallest absolute Gasteiger partial charge is 0.322 e. The molecule has 0 aliphatic rings. The second kappa shape index (κ2) is 11.5. The first-order valence-electron chi connectivity index (χ1n) is 11.4. The van der Waals surface area contributed by atoms with Crippen molar-refractivity contribution in [3.8, 4) is 0 Å². The van der Waals surface area contributed by atoms with Crippen LogP contribution in [0.1, 0.15) is 50.5 Å². The second-order valence-electron chi connectivity index (χ2n) is 8.88. The van der Waals surface area contributed by atoms with Crippen molar-refractivity contribution < 1.29 is 18.4 Å². The minimum absolute atomic E-state index is 0.102. The van der Waals surface area contributed by atoms with Crippen molar-refractivity contribution in [2.45, 2.75) is 52.7 Å². The molecule has 0 fully saturated rings. The van der Waals surface area contributed by atoms with Crippen molar-refractivity contribution in [2.75, 3.05) is 11.9 Å². The van der Waals surface area contributed by atoms with Crippen molar-refractivity contribution in [1.82, 2.24) is 9.80 Å². The van der Waals surface area contributed by atoms with E-state index in [4.69, 9.17) is 4.42 Å². The molecule has 34 heavy (non-hydrogen) atoms. The van der Waals surface area contributed by atoms with Crippen LogP contribution in [0.4, 0.5) is 14.9 Å². The van der Waals surface area contributed by atoms with Gasteiger partial charge in [-0.25, -0.2) is 9.18 Å². The molecule has 0 aliphatic heterocycles. The summed E-state index contributed by atoms with van der Waals surface area (Å²) in [6.07, 6.45) is 1.55. The molecule has 6 nitrogen and oxygen atoms in total. The summed E-state index contributed by atoms with van der Waals surface area (Å²) >= 11 is 0. The lowest BCUT2D eigenvalue weighted by atomic mass is 10.0. The van der Waals surface area contributed by atoms with Crippen LogP contribution < -0.4 is 5.32 Å². The number of furan rings is 1. The summed E-state index contributed by atoms with van der Waals surface area (Å²) < 4.78 is 18.8. The molecule has 1 heterocycles. The van der Waals surface area contributed by atoms with E-state index < -0.39 is 0 Å². The molecule has 0 unspecified atom stereocenters. The zero-order valence-electron chi connectivity index (χ0n) is 20.1. The Bertz CT molecular complexity index is 1060. The molecule has 0 saturated heterocycles. The van der Waals surface area contributed by atoms with Gasteiger partial charge in [0.05, 0.1) is 12.8 Å². The molecule has 0 aliphatic carbocycles. The Balaban J connectivity index is 1.72. The summed E-state index contributed by atoms with van der Waals surface area (Å²) in [5.74, 6) is 0.452. The van der Waals surface area contributed by atoms with Crippen LogP contribution in [0.25, 0.3) is 0 Å². The topological polar surface area (TPSA) is 65.8 Å². The van der Waals surface area contributed by atoms with Crippen molar-refractivity contribution in [2.24, 2.45) is 0 Å². The molecular formula is C27H32FN3O3. The number of hydrogen-bond donors (Lipinski definition) is 1. The Hall–Kier alpha value is -3.61. The third-order valence-corrected chi connectivity index (χ3v) is 5.58. The number of halogens is 1. The molecule has 1 aromatic heterocycles. The number of anilines is 1. The summed E-state index contributed by atoms with van der Waals surface area (Å²) in [6, 6.07) is 16.7. The number of carbonyl (C=O) groups excluding carboxylic acids is 2. The van der Waals surface area contributed by atoms with Crippen LogP contribution >= 0.6 is 0 Å². The van der Waals surface area contributed by atoms with Gasteiger partial charge in [-0.3, -0.25) is 4.79 Å². The summed E-state index contributed by atoms with van der Waals surface area (Å²) in [4.78, 5) is 29.5. The largest absolute Gasteiger partial charge is 0.467 e. The Morgan fingerprint density at radius 1 is 0.941 bits per heavy atom. The van der Waals surface area contributed by atoms with E-state index in [1.807, 2.05) is 38.1 Å². The van der Waals surface area contributed by atoms with E-state index in [0.29, 0.717) is 17.4 Å². The van der Waals surface area contributed by atoms with E-state index in [-0.39, 0.29) is 43.4 Å². The summed E-state index contributed by atoms with van der Waals surface area (Å²) in [5, 5.41) is 2.89. The summed E-state index contributed by atoms with van der Waals surface area (Å²) in [7, 11) is 0. The van der Waals surface area contributed by atoms with Gasteiger partial charge in [0.2, 0.25) is 5.91 Å². The van der Waals surface area contributed by atoms with Crippen LogP contribution in [0.3, 0.4) is 0 Å². The minimum atomic E-state index is -0.347. The third kappa shape index (κ3) is 6.94. The van der Waals surface area contributed by atoms with E-state index in [2.05, 4.69) is 19.2 Å². The average Bonchev–Trinajstić information content (AvgIpc) is 3.31. The monoisotopic (exact) mass is 465 g/mol. The maximum Gasteiger partial charge on any atom is 0.322 e. The number of amides is 3. The SMILES string of the molecule is CC(C)c1ccc(NC(=O)N(CC(=O)N(Cc2ccc(F)cc2)Cc2ccco2)C(C)C)cc1. The van der Waals surface area contributed by atoms with Gasteiger partial charge in [-0.05, 0) is 67.3 Å². The lowest BCUT2D eigenvalue weighted by Crippen LogP contribution is -2.47. The Morgan fingerprint density at radius 3 is 2.18 bits per heavy atom. The van der Waals surface area contributed by atoms with Crippen LogP contribution in [-0.2, 0) is 17.9 Å². The molecule has 3 rings (SSSR count). The van der Waals surface area contributed by atoms with Crippen molar-refractivity contribution in [3.63, 3.8) is 0 Å². The fourth-order valence-corrected chi connectivity index (χ4v) is 3.51. The fraction of sp³-hybridized carbons (Fsp3) is 0.333. The highest BCUT2D eigenvalue weighted by atomic mass is 19.1. The Labute approximate surface area is 200 Å². The first-order valence-corrected chi connectivity index (χ1v) is 11.4. The lowest BCUT2D eigenvalue weighted by Gasteiger charge is -2.30. The van der Waals surface area contributed by atoms with Crippen LogP contribution in [0.15, 0.2) is 71.3 Å². The highest BCUT2D eigenvalue weighted by Crippen LogP contribution is 2.18. The maximum absolute atomic E-state index is 13.3. The van der Waals surface area contributed by atoms with Gasteiger partial charge in [0.25, 0.3) is 0 Å². The molecule has 0 saturated carbocycles. The molecule has 0 radical (unpaired) electrons. The standard InChI is InChI=1S/C27H32FN3O3/c1-19(2)22-9-13-24(14-10-22)29-27(33)31(20(3)4)18-26(32)30(17-25-6-5-15-34-25)16-21-7-11-23(28)12-8-21/h5-15,19-20H,16-18H2,1-4H3,(H,29,33). The molecule has 2 aromatic carbocycles.